The maximum Gasteiger partial charge on any atom is 0.260 e. The SMILES string of the molecule is CNC1CCN(C(=O)COc2ccc(Cl)cc2)C1.Cl. The van der Waals surface area contributed by atoms with E-state index in [0.29, 0.717) is 16.8 Å². The Morgan fingerprint density at radius 1 is 1.47 bits per heavy atom. The first kappa shape index (κ1) is 16.1. The van der Waals surface area contributed by atoms with Crippen molar-refractivity contribution in [2.45, 2.75) is 12.5 Å². The Balaban J connectivity index is 0.00000180. The van der Waals surface area contributed by atoms with Crippen molar-refractivity contribution in [3.05, 3.63) is 29.3 Å². The second-order valence-corrected chi connectivity index (χ2v) is 4.79. The van der Waals surface area contributed by atoms with Crippen LogP contribution in [0.5, 0.6) is 5.75 Å². The van der Waals surface area contributed by atoms with E-state index in [1.54, 1.807) is 24.3 Å². The van der Waals surface area contributed by atoms with Crippen LogP contribution in [0.15, 0.2) is 24.3 Å². The fourth-order valence-electron chi connectivity index (χ4n) is 1.99. The van der Waals surface area contributed by atoms with Gasteiger partial charge in [-0.25, -0.2) is 0 Å². The second-order valence-electron chi connectivity index (χ2n) is 4.36. The van der Waals surface area contributed by atoms with Crippen molar-refractivity contribution in [2.75, 3.05) is 26.7 Å². The Hall–Kier alpha value is -0.970. The molecule has 0 radical (unpaired) electrons. The quantitative estimate of drug-likeness (QED) is 0.924. The van der Waals surface area contributed by atoms with Crippen molar-refractivity contribution in [3.63, 3.8) is 0 Å². The van der Waals surface area contributed by atoms with Gasteiger partial charge in [-0.15, -0.1) is 12.4 Å². The summed E-state index contributed by atoms with van der Waals surface area (Å²) in [5.41, 5.74) is 0. The van der Waals surface area contributed by atoms with E-state index < -0.39 is 0 Å². The molecular weight excluding hydrogens is 287 g/mol. The number of carbonyl (C=O) groups is 1. The molecule has 1 aromatic carbocycles. The number of likely N-dealkylation sites (tertiary alicyclic amines) is 1. The zero-order chi connectivity index (χ0) is 13.0. The monoisotopic (exact) mass is 304 g/mol. The molecule has 0 aliphatic carbocycles. The number of nitrogens with zero attached hydrogens (tertiary/aromatic N) is 1. The summed E-state index contributed by atoms with van der Waals surface area (Å²) in [6, 6.07) is 7.42. The van der Waals surface area contributed by atoms with Gasteiger partial charge in [-0.3, -0.25) is 4.79 Å². The molecule has 1 N–H and O–H groups in total. The third-order valence-corrected chi connectivity index (χ3v) is 3.38. The molecule has 1 aliphatic rings. The number of benzene rings is 1. The van der Waals surface area contributed by atoms with Gasteiger partial charge in [-0.2, -0.15) is 0 Å². The lowest BCUT2D eigenvalue weighted by Crippen LogP contribution is -2.36. The molecule has 4 nitrogen and oxygen atoms in total. The van der Waals surface area contributed by atoms with Crippen LogP contribution in [-0.4, -0.2) is 43.6 Å². The predicted octanol–water partition coefficient (Wildman–Crippen LogP) is 1.96. The zero-order valence-electron chi connectivity index (χ0n) is 10.8. The fraction of sp³-hybridized carbons (Fsp3) is 0.462. The van der Waals surface area contributed by atoms with Gasteiger partial charge in [0.05, 0.1) is 0 Å². The van der Waals surface area contributed by atoms with Crippen LogP contribution in [0.25, 0.3) is 0 Å². The molecule has 1 heterocycles. The van der Waals surface area contributed by atoms with E-state index in [1.165, 1.54) is 0 Å². The Morgan fingerprint density at radius 3 is 2.74 bits per heavy atom. The van der Waals surface area contributed by atoms with Gasteiger partial charge in [0.15, 0.2) is 6.61 Å². The highest BCUT2D eigenvalue weighted by Crippen LogP contribution is 2.16. The lowest BCUT2D eigenvalue weighted by Gasteiger charge is -2.16. The minimum absolute atomic E-state index is 0. The number of rotatable bonds is 4. The van der Waals surface area contributed by atoms with Gasteiger partial charge in [-0.1, -0.05) is 11.6 Å². The van der Waals surface area contributed by atoms with Crippen molar-refractivity contribution >= 4 is 29.9 Å². The van der Waals surface area contributed by atoms with E-state index in [9.17, 15) is 4.79 Å². The van der Waals surface area contributed by atoms with Gasteiger partial charge in [0, 0.05) is 24.2 Å². The van der Waals surface area contributed by atoms with Crippen molar-refractivity contribution in [1.82, 2.24) is 10.2 Å². The molecule has 1 aliphatic heterocycles. The topological polar surface area (TPSA) is 41.6 Å². The molecule has 2 rings (SSSR count). The van der Waals surface area contributed by atoms with Gasteiger partial charge < -0.3 is 15.0 Å². The van der Waals surface area contributed by atoms with Crippen LogP contribution in [0.1, 0.15) is 6.42 Å². The van der Waals surface area contributed by atoms with Crippen molar-refractivity contribution in [1.29, 1.82) is 0 Å². The summed E-state index contributed by atoms with van der Waals surface area (Å²) in [6.07, 6.45) is 1.00. The molecule has 0 bridgehead atoms. The minimum Gasteiger partial charge on any atom is -0.484 e. The fourth-order valence-corrected chi connectivity index (χ4v) is 2.12. The van der Waals surface area contributed by atoms with E-state index in [-0.39, 0.29) is 24.9 Å². The first-order chi connectivity index (χ1) is 8.69. The highest BCUT2D eigenvalue weighted by atomic mass is 35.5. The van der Waals surface area contributed by atoms with Crippen LogP contribution in [0.4, 0.5) is 0 Å². The lowest BCUT2D eigenvalue weighted by atomic mass is 10.3. The van der Waals surface area contributed by atoms with E-state index in [4.69, 9.17) is 16.3 Å². The number of nitrogens with one attached hydrogen (secondary N) is 1. The minimum atomic E-state index is 0. The number of hydrogen-bond acceptors (Lipinski definition) is 3. The zero-order valence-corrected chi connectivity index (χ0v) is 12.3. The Bertz CT molecular complexity index is 412. The highest BCUT2D eigenvalue weighted by molar-refractivity contribution is 6.30. The number of carbonyl (C=O) groups excluding carboxylic acids is 1. The summed E-state index contributed by atoms with van der Waals surface area (Å²) >= 11 is 5.77. The lowest BCUT2D eigenvalue weighted by molar-refractivity contribution is -0.132. The molecule has 1 amide bonds. The highest BCUT2D eigenvalue weighted by Gasteiger charge is 2.24. The van der Waals surface area contributed by atoms with Gasteiger partial charge in [0.1, 0.15) is 5.75 Å². The van der Waals surface area contributed by atoms with E-state index in [2.05, 4.69) is 5.32 Å². The molecule has 19 heavy (non-hydrogen) atoms. The smallest absolute Gasteiger partial charge is 0.260 e. The van der Waals surface area contributed by atoms with Gasteiger partial charge in [0.2, 0.25) is 0 Å². The Labute approximate surface area is 124 Å². The predicted molar refractivity (Wildman–Crippen MR) is 78.2 cm³/mol. The third kappa shape index (κ3) is 4.56. The van der Waals surface area contributed by atoms with Crippen LogP contribution in [0.3, 0.4) is 0 Å². The maximum absolute atomic E-state index is 11.9. The second kappa shape index (κ2) is 7.58. The number of halogens is 2. The molecule has 1 unspecified atom stereocenters. The number of ether oxygens (including phenoxy) is 1. The number of likely N-dealkylation sites (N-methyl/N-ethyl adjacent to an activating group) is 1. The normalized spacial score (nSPS) is 18.0. The first-order valence-electron chi connectivity index (χ1n) is 6.02. The van der Waals surface area contributed by atoms with Gasteiger partial charge >= 0.3 is 0 Å². The average Bonchev–Trinajstić information content (AvgIpc) is 2.86. The van der Waals surface area contributed by atoms with E-state index >= 15 is 0 Å². The summed E-state index contributed by atoms with van der Waals surface area (Å²) in [5, 5.41) is 3.84. The molecule has 0 spiro atoms. The molecule has 1 saturated heterocycles. The summed E-state index contributed by atoms with van der Waals surface area (Å²) in [6.45, 7) is 1.64. The molecule has 106 valence electrons. The summed E-state index contributed by atoms with van der Waals surface area (Å²) < 4.78 is 5.43. The van der Waals surface area contributed by atoms with Crippen molar-refractivity contribution in [2.24, 2.45) is 0 Å². The largest absolute Gasteiger partial charge is 0.484 e. The van der Waals surface area contributed by atoms with Crippen LogP contribution >= 0.6 is 24.0 Å². The van der Waals surface area contributed by atoms with E-state index in [1.807, 2.05) is 11.9 Å². The van der Waals surface area contributed by atoms with E-state index in [0.717, 1.165) is 19.5 Å². The standard InChI is InChI=1S/C13H17ClN2O2.ClH/c1-15-11-6-7-16(8-11)13(17)9-18-12-4-2-10(14)3-5-12;/h2-5,11,15H,6-9H2,1H3;1H. The summed E-state index contributed by atoms with van der Waals surface area (Å²) in [4.78, 5) is 13.7. The van der Waals surface area contributed by atoms with Crippen LogP contribution in [0, 0.1) is 0 Å². The molecule has 1 fully saturated rings. The maximum atomic E-state index is 11.9. The number of hydrogen-bond donors (Lipinski definition) is 1. The van der Waals surface area contributed by atoms with Crippen molar-refractivity contribution in [3.8, 4) is 5.75 Å². The molecule has 6 heteroatoms. The molecule has 1 aromatic rings. The van der Waals surface area contributed by atoms with Crippen LogP contribution in [-0.2, 0) is 4.79 Å². The third-order valence-electron chi connectivity index (χ3n) is 3.13. The first-order valence-corrected chi connectivity index (χ1v) is 6.40. The van der Waals surface area contributed by atoms with Crippen LogP contribution < -0.4 is 10.1 Å². The molecular formula is C13H18Cl2N2O2. The molecule has 0 saturated carbocycles. The van der Waals surface area contributed by atoms with Crippen LogP contribution in [0.2, 0.25) is 5.02 Å². The molecule has 0 aromatic heterocycles. The average molecular weight is 305 g/mol. The summed E-state index contributed by atoms with van der Waals surface area (Å²) in [7, 11) is 1.92. The Kier molecular flexibility index (Phi) is 6.42. The Morgan fingerprint density at radius 2 is 2.16 bits per heavy atom. The van der Waals surface area contributed by atoms with Crippen molar-refractivity contribution < 1.29 is 9.53 Å². The molecule has 1 atom stereocenters. The van der Waals surface area contributed by atoms with Gasteiger partial charge in [-0.05, 0) is 37.7 Å². The number of amides is 1. The summed E-state index contributed by atoms with van der Waals surface area (Å²) in [5.74, 6) is 0.694. The van der Waals surface area contributed by atoms with Gasteiger partial charge in [0.25, 0.3) is 5.91 Å².